The largest absolute Gasteiger partial charge is 0.294 e. The van der Waals surface area contributed by atoms with Crippen LogP contribution in [0.4, 0.5) is 4.39 Å². The average molecular weight is 278 g/mol. The van der Waals surface area contributed by atoms with Crippen molar-refractivity contribution in [1.29, 1.82) is 0 Å². The van der Waals surface area contributed by atoms with Gasteiger partial charge < -0.3 is 0 Å². The number of carbonyl (C=O) groups is 1. The number of benzene rings is 1. The molecule has 0 aliphatic carbocycles. The van der Waals surface area contributed by atoms with Crippen LogP contribution in [0.5, 0.6) is 0 Å². The number of ketones is 1. The van der Waals surface area contributed by atoms with E-state index in [-0.39, 0.29) is 17.2 Å². The van der Waals surface area contributed by atoms with E-state index in [4.69, 9.17) is 11.6 Å². The zero-order valence-electron chi connectivity index (χ0n) is 10.5. The molecular formula is C15H13ClFNO. The topological polar surface area (TPSA) is 30.0 Å². The van der Waals surface area contributed by atoms with Crippen LogP contribution in [-0.4, -0.2) is 10.8 Å². The molecule has 1 aromatic heterocycles. The number of aromatic nitrogens is 1. The SMILES string of the molecule is CCc1ccc(CC(=O)c2ccc(F)c(Cl)c2)nc1. The quantitative estimate of drug-likeness (QED) is 0.794. The highest BCUT2D eigenvalue weighted by Crippen LogP contribution is 2.17. The number of Topliss-reactive ketones (excluding diaryl/α,β-unsaturated/α-hetero) is 1. The van der Waals surface area contributed by atoms with Crippen molar-refractivity contribution in [1.82, 2.24) is 4.98 Å². The van der Waals surface area contributed by atoms with Gasteiger partial charge in [-0.1, -0.05) is 24.6 Å². The molecule has 0 N–H and O–H groups in total. The number of hydrogen-bond donors (Lipinski definition) is 0. The lowest BCUT2D eigenvalue weighted by Crippen LogP contribution is -2.05. The minimum Gasteiger partial charge on any atom is -0.294 e. The molecule has 0 aliphatic rings. The maximum Gasteiger partial charge on any atom is 0.168 e. The van der Waals surface area contributed by atoms with Gasteiger partial charge >= 0.3 is 0 Å². The zero-order chi connectivity index (χ0) is 13.8. The standard InChI is InChI=1S/C15H13ClFNO/c1-2-10-3-5-12(18-9-10)8-15(19)11-4-6-14(17)13(16)7-11/h3-7,9H,2,8H2,1H3. The molecule has 0 bridgehead atoms. The normalized spacial score (nSPS) is 10.5. The summed E-state index contributed by atoms with van der Waals surface area (Å²) >= 11 is 5.66. The van der Waals surface area contributed by atoms with E-state index in [0.29, 0.717) is 11.3 Å². The van der Waals surface area contributed by atoms with Gasteiger partial charge in [0.2, 0.25) is 0 Å². The second-order valence-corrected chi connectivity index (χ2v) is 4.65. The summed E-state index contributed by atoms with van der Waals surface area (Å²) in [5.41, 5.74) is 2.22. The van der Waals surface area contributed by atoms with E-state index in [1.54, 1.807) is 6.20 Å². The smallest absolute Gasteiger partial charge is 0.168 e. The second-order valence-electron chi connectivity index (χ2n) is 4.24. The minimum atomic E-state index is -0.524. The van der Waals surface area contributed by atoms with Gasteiger partial charge in [0, 0.05) is 17.5 Å². The van der Waals surface area contributed by atoms with Crippen LogP contribution in [0.2, 0.25) is 5.02 Å². The van der Waals surface area contributed by atoms with Crippen LogP contribution in [0, 0.1) is 5.82 Å². The lowest BCUT2D eigenvalue weighted by atomic mass is 10.1. The maximum atomic E-state index is 13.0. The van der Waals surface area contributed by atoms with E-state index in [1.807, 2.05) is 19.1 Å². The van der Waals surface area contributed by atoms with Crippen molar-refractivity contribution in [3.05, 3.63) is 64.2 Å². The molecule has 0 fully saturated rings. The predicted octanol–water partition coefficient (Wildman–Crippen LogP) is 3.86. The van der Waals surface area contributed by atoms with Crippen molar-refractivity contribution < 1.29 is 9.18 Å². The summed E-state index contributed by atoms with van der Waals surface area (Å²) in [6.45, 7) is 2.04. The molecule has 98 valence electrons. The highest BCUT2D eigenvalue weighted by atomic mass is 35.5. The van der Waals surface area contributed by atoms with Gasteiger partial charge in [-0.3, -0.25) is 9.78 Å². The van der Waals surface area contributed by atoms with Crippen LogP contribution in [0.1, 0.15) is 28.5 Å². The highest BCUT2D eigenvalue weighted by molar-refractivity contribution is 6.31. The third-order valence-electron chi connectivity index (χ3n) is 2.88. The summed E-state index contributed by atoms with van der Waals surface area (Å²) < 4.78 is 13.0. The molecule has 4 heteroatoms. The predicted molar refractivity (Wildman–Crippen MR) is 73.1 cm³/mol. The third-order valence-corrected chi connectivity index (χ3v) is 3.17. The summed E-state index contributed by atoms with van der Waals surface area (Å²) in [4.78, 5) is 16.2. The van der Waals surface area contributed by atoms with Crippen molar-refractivity contribution in [3.63, 3.8) is 0 Å². The zero-order valence-corrected chi connectivity index (χ0v) is 11.2. The van der Waals surface area contributed by atoms with Crippen LogP contribution in [0.3, 0.4) is 0 Å². The number of pyridine rings is 1. The summed E-state index contributed by atoms with van der Waals surface area (Å²) in [7, 11) is 0. The van der Waals surface area contributed by atoms with Gasteiger partial charge in [-0.05, 0) is 36.2 Å². The Labute approximate surface area is 116 Å². The molecule has 1 heterocycles. The molecule has 1 aromatic carbocycles. The fourth-order valence-corrected chi connectivity index (χ4v) is 1.89. The summed E-state index contributed by atoms with van der Waals surface area (Å²) in [6, 6.07) is 7.77. The Hall–Kier alpha value is -1.74. The summed E-state index contributed by atoms with van der Waals surface area (Å²) in [5, 5.41) is -0.0415. The van der Waals surface area contributed by atoms with Gasteiger partial charge in [0.25, 0.3) is 0 Å². The van der Waals surface area contributed by atoms with Gasteiger partial charge in [0.15, 0.2) is 5.78 Å². The van der Waals surface area contributed by atoms with Crippen molar-refractivity contribution in [3.8, 4) is 0 Å². The fraction of sp³-hybridized carbons (Fsp3) is 0.200. The van der Waals surface area contributed by atoms with Crippen molar-refractivity contribution in [2.75, 3.05) is 0 Å². The van der Waals surface area contributed by atoms with E-state index in [0.717, 1.165) is 12.0 Å². The van der Waals surface area contributed by atoms with E-state index in [2.05, 4.69) is 4.98 Å². The molecule has 0 radical (unpaired) electrons. The van der Waals surface area contributed by atoms with Gasteiger partial charge in [-0.15, -0.1) is 0 Å². The summed E-state index contributed by atoms with van der Waals surface area (Å²) in [5.74, 6) is -0.651. The van der Waals surface area contributed by atoms with Gasteiger partial charge in [-0.2, -0.15) is 0 Å². The Morgan fingerprint density at radius 1 is 1.32 bits per heavy atom. The minimum absolute atomic E-state index is 0.0415. The Kier molecular flexibility index (Phi) is 4.27. The highest BCUT2D eigenvalue weighted by Gasteiger charge is 2.10. The van der Waals surface area contributed by atoms with E-state index in [1.165, 1.54) is 18.2 Å². The second kappa shape index (κ2) is 5.93. The average Bonchev–Trinajstić information content (AvgIpc) is 2.42. The number of halogens is 2. The molecule has 2 nitrogen and oxygen atoms in total. The first-order chi connectivity index (χ1) is 9.10. The molecular weight excluding hydrogens is 265 g/mol. The van der Waals surface area contributed by atoms with Crippen LogP contribution >= 0.6 is 11.6 Å². The number of hydrogen-bond acceptors (Lipinski definition) is 2. The number of nitrogens with zero attached hydrogens (tertiary/aromatic N) is 1. The van der Waals surface area contributed by atoms with Gasteiger partial charge in [0.1, 0.15) is 5.82 Å². The fourth-order valence-electron chi connectivity index (χ4n) is 1.70. The third kappa shape index (κ3) is 3.38. The Morgan fingerprint density at radius 3 is 2.68 bits per heavy atom. The van der Waals surface area contributed by atoms with Gasteiger partial charge in [0.05, 0.1) is 11.4 Å². The van der Waals surface area contributed by atoms with Crippen LogP contribution in [0.15, 0.2) is 36.5 Å². The first-order valence-corrected chi connectivity index (χ1v) is 6.40. The van der Waals surface area contributed by atoms with Crippen molar-refractivity contribution in [2.45, 2.75) is 19.8 Å². The van der Waals surface area contributed by atoms with Gasteiger partial charge in [-0.25, -0.2) is 4.39 Å². The first-order valence-electron chi connectivity index (χ1n) is 6.02. The first kappa shape index (κ1) is 13.7. The molecule has 0 amide bonds. The van der Waals surface area contributed by atoms with Crippen molar-refractivity contribution in [2.24, 2.45) is 0 Å². The van der Waals surface area contributed by atoms with E-state index >= 15 is 0 Å². The molecule has 0 atom stereocenters. The monoisotopic (exact) mass is 277 g/mol. The molecule has 0 unspecified atom stereocenters. The molecule has 2 aromatic rings. The van der Waals surface area contributed by atoms with Crippen LogP contribution < -0.4 is 0 Å². The Bertz CT molecular complexity index is 596. The molecule has 0 saturated carbocycles. The lowest BCUT2D eigenvalue weighted by Gasteiger charge is -2.03. The van der Waals surface area contributed by atoms with Crippen LogP contribution in [0.25, 0.3) is 0 Å². The molecule has 19 heavy (non-hydrogen) atoms. The lowest BCUT2D eigenvalue weighted by molar-refractivity contribution is 0.0992. The molecule has 0 saturated heterocycles. The molecule has 2 rings (SSSR count). The molecule has 0 spiro atoms. The van der Waals surface area contributed by atoms with Crippen molar-refractivity contribution >= 4 is 17.4 Å². The van der Waals surface area contributed by atoms with E-state index in [9.17, 15) is 9.18 Å². The summed E-state index contributed by atoms with van der Waals surface area (Å²) in [6.07, 6.45) is 2.86. The Morgan fingerprint density at radius 2 is 2.11 bits per heavy atom. The maximum absolute atomic E-state index is 13.0. The number of rotatable bonds is 4. The number of carbonyl (C=O) groups excluding carboxylic acids is 1. The number of aryl methyl sites for hydroxylation is 1. The molecule has 0 aliphatic heterocycles. The van der Waals surface area contributed by atoms with Crippen LogP contribution in [-0.2, 0) is 12.8 Å². The van der Waals surface area contributed by atoms with E-state index < -0.39 is 5.82 Å². The Balaban J connectivity index is 2.13.